The minimum atomic E-state index is -3.41. The molecule has 18 heavy (non-hydrogen) atoms. The van der Waals surface area contributed by atoms with Gasteiger partial charge in [0.05, 0.1) is 5.75 Å². The van der Waals surface area contributed by atoms with Gasteiger partial charge in [-0.25, -0.2) is 8.42 Å². The van der Waals surface area contributed by atoms with E-state index in [1.165, 1.54) is 4.31 Å². The molecule has 0 aliphatic rings. The summed E-state index contributed by atoms with van der Waals surface area (Å²) in [5.41, 5.74) is 6.84. The second kappa shape index (κ2) is 6.37. The van der Waals surface area contributed by atoms with Crippen molar-refractivity contribution in [1.29, 1.82) is 0 Å². The third kappa shape index (κ3) is 3.72. The monoisotopic (exact) mass is 266 g/mol. The van der Waals surface area contributed by atoms with Gasteiger partial charge in [0.1, 0.15) is 0 Å². The van der Waals surface area contributed by atoms with Gasteiger partial charge in [0.25, 0.3) is 0 Å². The Bertz CT molecular complexity index is 514. The van der Waals surface area contributed by atoms with Crippen molar-refractivity contribution in [2.75, 3.05) is 18.8 Å². The lowest BCUT2D eigenvalue weighted by atomic mass is 10.2. The van der Waals surface area contributed by atoms with Gasteiger partial charge in [0, 0.05) is 18.8 Å². The van der Waals surface area contributed by atoms with Crippen molar-refractivity contribution in [3.8, 4) is 0 Å². The Labute approximate surface area is 108 Å². The van der Waals surface area contributed by atoms with Crippen LogP contribution in [-0.2, 0) is 15.8 Å². The molecule has 98 valence electrons. The number of benzene rings is 1. The predicted molar refractivity (Wildman–Crippen MR) is 75.4 cm³/mol. The highest BCUT2D eigenvalue weighted by molar-refractivity contribution is 7.88. The molecular formula is C13H18N2O2S. The molecule has 0 spiro atoms. The molecule has 2 N–H and O–H groups in total. The summed E-state index contributed by atoms with van der Waals surface area (Å²) in [4.78, 5) is 0. The van der Waals surface area contributed by atoms with Crippen LogP contribution in [0, 0.1) is 0 Å². The van der Waals surface area contributed by atoms with Crippen molar-refractivity contribution in [3.63, 3.8) is 0 Å². The summed E-state index contributed by atoms with van der Waals surface area (Å²) in [5, 5.41) is 0. The summed E-state index contributed by atoms with van der Waals surface area (Å²) in [6.45, 7) is 7.64. The van der Waals surface area contributed by atoms with Crippen molar-refractivity contribution in [2.45, 2.75) is 5.75 Å². The van der Waals surface area contributed by atoms with Crippen molar-refractivity contribution in [2.24, 2.45) is 0 Å². The molecule has 1 aromatic rings. The molecule has 0 fully saturated rings. The number of rotatable bonds is 7. The molecule has 0 bridgehead atoms. The Kier molecular flexibility index (Phi) is 5.12. The minimum Gasteiger partial charge on any atom is -0.398 e. The molecular weight excluding hydrogens is 248 g/mol. The molecule has 0 unspecified atom stereocenters. The molecule has 1 rings (SSSR count). The summed E-state index contributed by atoms with van der Waals surface area (Å²) < 4.78 is 25.7. The average Bonchev–Trinajstić information content (AvgIpc) is 2.32. The first kappa shape index (κ1) is 14.5. The molecule has 5 heteroatoms. The standard InChI is InChI=1S/C13H18N2O2S/c1-3-9-15(10-4-2)18(16,17)11-12-7-5-6-8-13(12)14/h3-8H,1-2,9-11,14H2. The first-order valence-electron chi connectivity index (χ1n) is 5.54. The Morgan fingerprint density at radius 2 is 1.72 bits per heavy atom. The van der Waals surface area contributed by atoms with Gasteiger partial charge in [0.15, 0.2) is 0 Å². The van der Waals surface area contributed by atoms with E-state index in [9.17, 15) is 8.42 Å². The van der Waals surface area contributed by atoms with Gasteiger partial charge >= 0.3 is 0 Å². The maximum atomic E-state index is 12.2. The summed E-state index contributed by atoms with van der Waals surface area (Å²) in [6.07, 6.45) is 3.10. The highest BCUT2D eigenvalue weighted by Gasteiger charge is 2.21. The van der Waals surface area contributed by atoms with Crippen LogP contribution < -0.4 is 5.73 Å². The molecule has 0 aliphatic heterocycles. The normalized spacial score (nSPS) is 11.4. The number of hydrogen-bond donors (Lipinski definition) is 1. The SMILES string of the molecule is C=CCN(CC=C)S(=O)(=O)Cc1ccccc1N. The van der Waals surface area contributed by atoms with Gasteiger partial charge in [0.2, 0.25) is 10.0 Å². The number of para-hydroxylation sites is 1. The Morgan fingerprint density at radius 1 is 1.17 bits per heavy atom. The molecule has 0 atom stereocenters. The maximum Gasteiger partial charge on any atom is 0.218 e. The lowest BCUT2D eigenvalue weighted by molar-refractivity contribution is 0.473. The molecule has 0 saturated carbocycles. The molecule has 1 aromatic carbocycles. The van der Waals surface area contributed by atoms with Crippen molar-refractivity contribution in [3.05, 3.63) is 55.1 Å². The second-order valence-electron chi connectivity index (χ2n) is 3.85. The average molecular weight is 266 g/mol. The van der Waals surface area contributed by atoms with E-state index in [2.05, 4.69) is 13.2 Å². The van der Waals surface area contributed by atoms with Crippen LogP contribution in [-0.4, -0.2) is 25.8 Å². The highest BCUT2D eigenvalue weighted by Crippen LogP contribution is 2.16. The summed E-state index contributed by atoms with van der Waals surface area (Å²) >= 11 is 0. The fourth-order valence-corrected chi connectivity index (χ4v) is 3.05. The number of hydrogen-bond acceptors (Lipinski definition) is 3. The first-order valence-corrected chi connectivity index (χ1v) is 7.15. The number of nitrogens with zero attached hydrogens (tertiary/aromatic N) is 1. The van der Waals surface area contributed by atoms with Gasteiger partial charge in [-0.3, -0.25) is 0 Å². The predicted octanol–water partition coefficient (Wildman–Crippen LogP) is 1.77. The van der Waals surface area contributed by atoms with Gasteiger partial charge < -0.3 is 5.73 Å². The number of anilines is 1. The highest BCUT2D eigenvalue weighted by atomic mass is 32.2. The van der Waals surface area contributed by atoms with E-state index in [0.29, 0.717) is 11.3 Å². The van der Waals surface area contributed by atoms with E-state index >= 15 is 0 Å². The van der Waals surface area contributed by atoms with E-state index in [0.717, 1.165) is 0 Å². The van der Waals surface area contributed by atoms with E-state index in [-0.39, 0.29) is 18.8 Å². The van der Waals surface area contributed by atoms with Crippen LogP contribution in [0.3, 0.4) is 0 Å². The third-order valence-corrected chi connectivity index (χ3v) is 4.21. The van der Waals surface area contributed by atoms with Crippen LogP contribution in [0.15, 0.2) is 49.6 Å². The zero-order chi connectivity index (χ0) is 13.6. The van der Waals surface area contributed by atoms with Crippen molar-refractivity contribution >= 4 is 15.7 Å². The Balaban J connectivity index is 2.95. The van der Waals surface area contributed by atoms with Gasteiger partial charge in [-0.2, -0.15) is 4.31 Å². The third-order valence-electron chi connectivity index (χ3n) is 2.45. The van der Waals surface area contributed by atoms with Crippen LogP contribution in [0.4, 0.5) is 5.69 Å². The van der Waals surface area contributed by atoms with Crippen LogP contribution in [0.5, 0.6) is 0 Å². The minimum absolute atomic E-state index is 0.110. The van der Waals surface area contributed by atoms with Crippen molar-refractivity contribution in [1.82, 2.24) is 4.31 Å². The zero-order valence-corrected chi connectivity index (χ0v) is 11.1. The molecule has 0 saturated heterocycles. The second-order valence-corrected chi connectivity index (χ2v) is 5.82. The van der Waals surface area contributed by atoms with Crippen LogP contribution in [0.25, 0.3) is 0 Å². The van der Waals surface area contributed by atoms with Crippen molar-refractivity contribution < 1.29 is 8.42 Å². The summed E-state index contributed by atoms with van der Waals surface area (Å²) in [5.74, 6) is -0.110. The summed E-state index contributed by atoms with van der Waals surface area (Å²) in [7, 11) is -3.41. The van der Waals surface area contributed by atoms with Crippen LogP contribution >= 0.6 is 0 Å². The van der Waals surface area contributed by atoms with E-state index < -0.39 is 10.0 Å². The quantitative estimate of drug-likeness (QED) is 0.604. The fourth-order valence-electron chi connectivity index (χ4n) is 1.54. The largest absolute Gasteiger partial charge is 0.398 e. The van der Waals surface area contributed by atoms with Crippen LogP contribution in [0.2, 0.25) is 0 Å². The first-order chi connectivity index (χ1) is 8.51. The van der Waals surface area contributed by atoms with E-state index in [4.69, 9.17) is 5.73 Å². The van der Waals surface area contributed by atoms with Gasteiger partial charge in [-0.1, -0.05) is 30.4 Å². The Hall–Kier alpha value is -1.59. The molecule has 0 aliphatic carbocycles. The van der Waals surface area contributed by atoms with E-state index in [1.54, 1.807) is 36.4 Å². The maximum absolute atomic E-state index is 12.2. The zero-order valence-electron chi connectivity index (χ0n) is 10.2. The lowest BCUT2D eigenvalue weighted by Crippen LogP contribution is -2.32. The molecule has 4 nitrogen and oxygen atoms in total. The molecule has 0 radical (unpaired) electrons. The number of sulfonamides is 1. The molecule has 0 aromatic heterocycles. The number of nitrogen functional groups attached to an aromatic ring is 1. The lowest BCUT2D eigenvalue weighted by Gasteiger charge is -2.19. The van der Waals surface area contributed by atoms with E-state index in [1.807, 2.05) is 0 Å². The molecule has 0 amide bonds. The topological polar surface area (TPSA) is 63.4 Å². The van der Waals surface area contributed by atoms with Gasteiger partial charge in [-0.15, -0.1) is 13.2 Å². The van der Waals surface area contributed by atoms with Gasteiger partial charge in [-0.05, 0) is 11.6 Å². The van der Waals surface area contributed by atoms with Crippen LogP contribution in [0.1, 0.15) is 5.56 Å². The fraction of sp³-hybridized carbons (Fsp3) is 0.231. The smallest absolute Gasteiger partial charge is 0.218 e. The number of nitrogens with two attached hydrogens (primary N) is 1. The molecule has 0 heterocycles. The Morgan fingerprint density at radius 3 is 2.22 bits per heavy atom. The summed E-state index contributed by atoms with van der Waals surface area (Å²) in [6, 6.07) is 6.95.